The van der Waals surface area contributed by atoms with Crippen molar-refractivity contribution in [3.8, 4) is 11.4 Å². The van der Waals surface area contributed by atoms with E-state index >= 15 is 0 Å². The number of hydrogen-bond acceptors (Lipinski definition) is 4. The minimum Gasteiger partial charge on any atom is -0.496 e. The highest BCUT2D eigenvalue weighted by atomic mass is 16.5. The number of para-hydroxylation sites is 2. The van der Waals surface area contributed by atoms with Crippen LogP contribution in [0.1, 0.15) is 17.8 Å². The van der Waals surface area contributed by atoms with E-state index in [9.17, 15) is 9.59 Å². The molecule has 1 aromatic heterocycles. The van der Waals surface area contributed by atoms with Crippen LogP contribution in [0.5, 0.6) is 5.75 Å². The van der Waals surface area contributed by atoms with Crippen molar-refractivity contribution in [3.05, 3.63) is 94.5 Å². The number of aryl methyl sites for hydroxylation is 2. The number of methoxy groups -OCH3 is 1. The Balaban J connectivity index is 1.48. The largest absolute Gasteiger partial charge is 0.496 e. The molecule has 6 nitrogen and oxygen atoms in total. The van der Waals surface area contributed by atoms with Crippen LogP contribution in [0.3, 0.4) is 0 Å². The number of rotatable bonds is 6. The second-order valence-corrected chi connectivity index (χ2v) is 7.22. The Kier molecular flexibility index (Phi) is 5.80. The zero-order chi connectivity index (χ0) is 21.8. The molecule has 0 saturated carbocycles. The van der Waals surface area contributed by atoms with Gasteiger partial charge in [0.25, 0.3) is 5.56 Å². The van der Waals surface area contributed by atoms with Gasteiger partial charge in [-0.15, -0.1) is 0 Å². The topological polar surface area (TPSA) is 73.2 Å². The van der Waals surface area contributed by atoms with Crippen LogP contribution in [0.2, 0.25) is 0 Å². The molecule has 1 amide bonds. The fourth-order valence-electron chi connectivity index (χ4n) is 3.62. The minimum atomic E-state index is -0.114. The van der Waals surface area contributed by atoms with Gasteiger partial charge in [0.1, 0.15) is 11.6 Å². The molecule has 0 aliphatic rings. The number of nitrogens with zero attached hydrogens (tertiary/aromatic N) is 2. The molecule has 0 aliphatic carbocycles. The third-order valence-corrected chi connectivity index (χ3v) is 5.17. The minimum absolute atomic E-state index is 0.0839. The Hall–Kier alpha value is -3.93. The van der Waals surface area contributed by atoms with Crippen molar-refractivity contribution in [1.82, 2.24) is 9.55 Å². The smallest absolute Gasteiger partial charge is 0.265 e. The summed E-state index contributed by atoms with van der Waals surface area (Å²) in [4.78, 5) is 29.8. The Morgan fingerprint density at radius 1 is 1.00 bits per heavy atom. The molecule has 6 heteroatoms. The summed E-state index contributed by atoms with van der Waals surface area (Å²) in [5, 5.41) is 3.48. The Morgan fingerprint density at radius 3 is 2.48 bits per heavy atom. The maximum absolute atomic E-state index is 12.9. The van der Waals surface area contributed by atoms with Crippen molar-refractivity contribution in [1.29, 1.82) is 0 Å². The number of fused-ring (bicyclic) bond motifs is 1. The molecule has 0 saturated heterocycles. The van der Waals surface area contributed by atoms with E-state index in [1.165, 1.54) is 0 Å². The summed E-state index contributed by atoms with van der Waals surface area (Å²) in [5.41, 5.74) is 2.94. The van der Waals surface area contributed by atoms with E-state index in [0.717, 1.165) is 11.3 Å². The van der Waals surface area contributed by atoms with Crippen LogP contribution < -0.4 is 15.6 Å². The van der Waals surface area contributed by atoms with Gasteiger partial charge in [-0.2, -0.15) is 0 Å². The van der Waals surface area contributed by atoms with Crippen molar-refractivity contribution in [3.63, 3.8) is 0 Å². The molecule has 0 bridgehead atoms. The lowest BCUT2D eigenvalue weighted by Crippen LogP contribution is -2.22. The second-order valence-electron chi connectivity index (χ2n) is 7.22. The maximum Gasteiger partial charge on any atom is 0.265 e. The highest BCUT2D eigenvalue weighted by Gasteiger charge is 2.10. The predicted molar refractivity (Wildman–Crippen MR) is 122 cm³/mol. The first kappa shape index (κ1) is 20.3. The highest BCUT2D eigenvalue weighted by Crippen LogP contribution is 2.20. The Morgan fingerprint density at radius 2 is 1.71 bits per heavy atom. The zero-order valence-corrected chi connectivity index (χ0v) is 17.5. The van der Waals surface area contributed by atoms with E-state index in [1.807, 2.05) is 42.5 Å². The average Bonchev–Trinajstić information content (AvgIpc) is 2.79. The van der Waals surface area contributed by atoms with Crippen LogP contribution in [-0.2, 0) is 11.2 Å². The normalized spacial score (nSPS) is 10.8. The maximum atomic E-state index is 12.9. The SMILES string of the molecule is COc1ccccc1CCC(=O)Nc1ccc(-n2c(C)nc3ccccc3c2=O)cc1. The fourth-order valence-corrected chi connectivity index (χ4v) is 3.62. The van der Waals surface area contributed by atoms with Gasteiger partial charge in [0.05, 0.1) is 23.7 Å². The van der Waals surface area contributed by atoms with Crippen molar-refractivity contribution >= 4 is 22.5 Å². The van der Waals surface area contributed by atoms with Gasteiger partial charge in [-0.3, -0.25) is 14.2 Å². The van der Waals surface area contributed by atoms with E-state index in [1.54, 1.807) is 48.9 Å². The molecule has 1 N–H and O–H groups in total. The first-order valence-corrected chi connectivity index (χ1v) is 10.1. The highest BCUT2D eigenvalue weighted by molar-refractivity contribution is 5.91. The van der Waals surface area contributed by atoms with E-state index in [2.05, 4.69) is 10.3 Å². The number of hydrogen-bond donors (Lipinski definition) is 1. The summed E-state index contributed by atoms with van der Waals surface area (Å²) in [7, 11) is 1.62. The number of carbonyl (C=O) groups is 1. The van der Waals surface area contributed by atoms with Crippen LogP contribution in [0.4, 0.5) is 5.69 Å². The summed E-state index contributed by atoms with van der Waals surface area (Å²) in [5.74, 6) is 1.31. The first-order chi connectivity index (χ1) is 15.1. The van der Waals surface area contributed by atoms with Crippen LogP contribution in [0, 0.1) is 6.92 Å². The Bertz CT molecular complexity index is 1290. The van der Waals surface area contributed by atoms with E-state index in [-0.39, 0.29) is 11.5 Å². The van der Waals surface area contributed by atoms with Gasteiger partial charge in [-0.05, 0) is 61.4 Å². The quantitative estimate of drug-likeness (QED) is 0.512. The zero-order valence-electron chi connectivity index (χ0n) is 17.5. The molecule has 4 rings (SSSR count). The van der Waals surface area contributed by atoms with Crippen LogP contribution >= 0.6 is 0 Å². The molecule has 0 spiro atoms. The summed E-state index contributed by atoms with van der Waals surface area (Å²) >= 11 is 0. The lowest BCUT2D eigenvalue weighted by Gasteiger charge is -2.12. The molecule has 0 aliphatic heterocycles. The molecule has 156 valence electrons. The van der Waals surface area contributed by atoms with Crippen LogP contribution in [-0.4, -0.2) is 22.6 Å². The van der Waals surface area contributed by atoms with E-state index in [4.69, 9.17) is 4.74 Å². The van der Waals surface area contributed by atoms with Crippen molar-refractivity contribution < 1.29 is 9.53 Å². The predicted octanol–water partition coefficient (Wildman–Crippen LogP) is 4.27. The molecule has 0 radical (unpaired) electrons. The van der Waals surface area contributed by atoms with E-state index < -0.39 is 0 Å². The lowest BCUT2D eigenvalue weighted by molar-refractivity contribution is -0.116. The number of nitrogens with one attached hydrogen (secondary N) is 1. The molecule has 0 fully saturated rings. The van der Waals surface area contributed by atoms with Crippen molar-refractivity contribution in [2.75, 3.05) is 12.4 Å². The average molecular weight is 413 g/mol. The number of amides is 1. The fraction of sp³-hybridized carbons (Fsp3) is 0.160. The molecule has 3 aromatic carbocycles. The summed E-state index contributed by atoms with van der Waals surface area (Å²) in [6, 6.07) is 22.2. The van der Waals surface area contributed by atoms with Gasteiger partial charge < -0.3 is 10.1 Å². The van der Waals surface area contributed by atoms with Gasteiger partial charge in [0.2, 0.25) is 5.91 Å². The van der Waals surface area contributed by atoms with Gasteiger partial charge in [0.15, 0.2) is 0 Å². The van der Waals surface area contributed by atoms with Gasteiger partial charge >= 0.3 is 0 Å². The van der Waals surface area contributed by atoms with Gasteiger partial charge in [-0.1, -0.05) is 30.3 Å². The standard InChI is InChI=1S/C25H23N3O3/c1-17-26-22-9-5-4-8-21(22)25(30)28(17)20-14-12-19(13-15-20)27-24(29)16-11-18-7-3-6-10-23(18)31-2/h3-10,12-15H,11,16H2,1-2H3,(H,27,29). The monoisotopic (exact) mass is 413 g/mol. The van der Waals surface area contributed by atoms with E-state index in [0.29, 0.717) is 40.9 Å². The molecular weight excluding hydrogens is 390 g/mol. The third kappa shape index (κ3) is 4.33. The molecule has 0 atom stereocenters. The number of aromatic nitrogens is 2. The summed E-state index contributed by atoms with van der Waals surface area (Å²) in [6.07, 6.45) is 0.931. The van der Waals surface area contributed by atoms with Crippen LogP contribution in [0.25, 0.3) is 16.6 Å². The summed E-state index contributed by atoms with van der Waals surface area (Å²) in [6.45, 7) is 1.81. The number of anilines is 1. The second kappa shape index (κ2) is 8.83. The van der Waals surface area contributed by atoms with Crippen molar-refractivity contribution in [2.45, 2.75) is 19.8 Å². The van der Waals surface area contributed by atoms with Gasteiger partial charge in [-0.25, -0.2) is 4.98 Å². The van der Waals surface area contributed by atoms with Crippen molar-refractivity contribution in [2.24, 2.45) is 0 Å². The lowest BCUT2D eigenvalue weighted by atomic mass is 10.1. The summed E-state index contributed by atoms with van der Waals surface area (Å²) < 4.78 is 6.91. The number of ether oxygens (including phenoxy) is 1. The first-order valence-electron chi connectivity index (χ1n) is 10.1. The van der Waals surface area contributed by atoms with Gasteiger partial charge in [0, 0.05) is 12.1 Å². The third-order valence-electron chi connectivity index (χ3n) is 5.17. The molecule has 1 heterocycles. The molecule has 31 heavy (non-hydrogen) atoms. The Labute approximate surface area is 180 Å². The van der Waals surface area contributed by atoms with Crippen LogP contribution in [0.15, 0.2) is 77.6 Å². The number of benzene rings is 3. The molecular formula is C25H23N3O3. The molecule has 4 aromatic rings. The number of carbonyl (C=O) groups excluding carboxylic acids is 1. The molecule has 0 unspecified atom stereocenters.